The summed E-state index contributed by atoms with van der Waals surface area (Å²) in [5, 5.41) is 0. The number of allylic oxidation sites excluding steroid dienone is 4. The predicted molar refractivity (Wildman–Crippen MR) is 109 cm³/mol. The Morgan fingerprint density at radius 1 is 1.07 bits per heavy atom. The minimum Gasteiger partial charge on any atom is -0.496 e. The number of hydrogen-bond donors (Lipinski definition) is 0. The highest BCUT2D eigenvalue weighted by Crippen LogP contribution is 2.37. The van der Waals surface area contributed by atoms with Crippen molar-refractivity contribution in [2.45, 2.75) is 32.5 Å². The highest BCUT2D eigenvalue weighted by atomic mass is 19.4. The van der Waals surface area contributed by atoms with Gasteiger partial charge in [0.1, 0.15) is 5.75 Å². The summed E-state index contributed by atoms with van der Waals surface area (Å²) in [6, 6.07) is 11.1. The molecule has 1 aliphatic rings. The molecular formula is C24H25F3O2. The van der Waals surface area contributed by atoms with Crippen LogP contribution < -0.4 is 4.74 Å². The van der Waals surface area contributed by atoms with Crippen LogP contribution in [0.25, 0.3) is 11.1 Å². The van der Waals surface area contributed by atoms with E-state index in [9.17, 15) is 13.2 Å². The number of halogens is 3. The largest absolute Gasteiger partial charge is 0.496 e. The molecule has 0 saturated carbocycles. The van der Waals surface area contributed by atoms with E-state index in [-0.39, 0.29) is 12.0 Å². The molecule has 0 heterocycles. The number of hydrogen-bond acceptors (Lipinski definition) is 2. The lowest BCUT2D eigenvalue weighted by atomic mass is 9.81. The molecule has 5 heteroatoms. The summed E-state index contributed by atoms with van der Waals surface area (Å²) in [7, 11) is 1.51. The smallest absolute Gasteiger partial charge is 0.416 e. The second-order valence-electron chi connectivity index (χ2n) is 7.56. The minimum atomic E-state index is -4.43. The number of benzene rings is 2. The third-order valence-electron chi connectivity index (χ3n) is 5.15. The van der Waals surface area contributed by atoms with E-state index in [1.165, 1.54) is 7.11 Å². The zero-order valence-electron chi connectivity index (χ0n) is 16.6. The fraction of sp³-hybridized carbons (Fsp3) is 0.333. The molecule has 2 aromatic rings. The van der Waals surface area contributed by atoms with E-state index in [2.05, 4.69) is 19.1 Å². The third kappa shape index (κ3) is 5.51. The number of para-hydroxylation sites is 1. The second kappa shape index (κ2) is 8.87. The first-order valence-corrected chi connectivity index (χ1v) is 9.57. The molecule has 29 heavy (non-hydrogen) atoms. The van der Waals surface area contributed by atoms with Crippen LogP contribution in [0.15, 0.2) is 66.8 Å². The summed E-state index contributed by atoms with van der Waals surface area (Å²) in [6.07, 6.45) is 5.63. The Bertz CT molecular complexity index is 899. The van der Waals surface area contributed by atoms with Crippen molar-refractivity contribution in [1.82, 2.24) is 0 Å². The normalized spacial score (nSPS) is 18.8. The van der Waals surface area contributed by atoms with Gasteiger partial charge >= 0.3 is 6.18 Å². The lowest BCUT2D eigenvalue weighted by Gasteiger charge is -2.26. The maximum Gasteiger partial charge on any atom is 0.416 e. The van der Waals surface area contributed by atoms with Gasteiger partial charge in [0, 0.05) is 12.2 Å². The molecule has 0 radical (unpaired) electrons. The van der Waals surface area contributed by atoms with E-state index in [4.69, 9.17) is 9.47 Å². The maximum absolute atomic E-state index is 13.4. The maximum atomic E-state index is 13.4. The van der Waals surface area contributed by atoms with Crippen LogP contribution in [0.4, 0.5) is 13.2 Å². The predicted octanol–water partition coefficient (Wildman–Crippen LogP) is 6.81. The van der Waals surface area contributed by atoms with Crippen molar-refractivity contribution in [2.75, 3.05) is 13.7 Å². The number of rotatable bonds is 7. The molecule has 0 spiro atoms. The van der Waals surface area contributed by atoms with Gasteiger partial charge in [-0.05, 0) is 53.6 Å². The molecule has 3 rings (SSSR count). The van der Waals surface area contributed by atoms with Crippen molar-refractivity contribution in [3.8, 4) is 16.9 Å². The van der Waals surface area contributed by atoms with E-state index in [1.807, 2.05) is 12.2 Å². The molecule has 2 nitrogen and oxygen atoms in total. The van der Waals surface area contributed by atoms with Gasteiger partial charge in [-0.3, -0.25) is 0 Å². The Morgan fingerprint density at radius 3 is 2.55 bits per heavy atom. The summed E-state index contributed by atoms with van der Waals surface area (Å²) >= 11 is 0. The standard InChI is InChI=1S/C24H25F3O2/c1-23(10-6-3-7-11-23)12-13-29-17-18-14-19(16-20(15-18)24(25,26)27)21-8-4-5-9-22(21)28-2/h3-10,14-16H,11-13,17H2,1-2H3. The summed E-state index contributed by atoms with van der Waals surface area (Å²) in [5.41, 5.74) is 0.916. The van der Waals surface area contributed by atoms with E-state index in [0.29, 0.717) is 29.0 Å². The molecule has 0 fully saturated rings. The first-order valence-electron chi connectivity index (χ1n) is 9.57. The van der Waals surface area contributed by atoms with Crippen LogP contribution >= 0.6 is 0 Å². The van der Waals surface area contributed by atoms with Crippen molar-refractivity contribution in [2.24, 2.45) is 5.41 Å². The second-order valence-corrected chi connectivity index (χ2v) is 7.56. The number of methoxy groups -OCH3 is 1. The molecular weight excluding hydrogens is 377 g/mol. The number of alkyl halides is 3. The molecule has 0 saturated heterocycles. The van der Waals surface area contributed by atoms with Gasteiger partial charge < -0.3 is 9.47 Å². The van der Waals surface area contributed by atoms with Crippen molar-refractivity contribution in [3.63, 3.8) is 0 Å². The summed E-state index contributed by atoms with van der Waals surface area (Å²) < 4.78 is 51.4. The Kier molecular flexibility index (Phi) is 6.48. The summed E-state index contributed by atoms with van der Waals surface area (Å²) in [4.78, 5) is 0. The molecule has 0 aliphatic heterocycles. The van der Waals surface area contributed by atoms with Gasteiger partial charge in [0.25, 0.3) is 0 Å². The lowest BCUT2D eigenvalue weighted by molar-refractivity contribution is -0.137. The SMILES string of the molecule is COc1ccccc1-c1cc(COCCC2(C)C=CC=CC2)cc(C(F)(F)F)c1. The highest BCUT2D eigenvalue weighted by Gasteiger charge is 2.31. The minimum absolute atomic E-state index is 0.0329. The monoisotopic (exact) mass is 402 g/mol. The van der Waals surface area contributed by atoms with Crippen LogP contribution in [0, 0.1) is 5.41 Å². The van der Waals surface area contributed by atoms with Crippen LogP contribution in [-0.4, -0.2) is 13.7 Å². The fourth-order valence-corrected chi connectivity index (χ4v) is 3.43. The zero-order valence-corrected chi connectivity index (χ0v) is 16.6. The first kappa shape index (κ1) is 21.2. The van der Waals surface area contributed by atoms with Crippen LogP contribution in [0.2, 0.25) is 0 Å². The van der Waals surface area contributed by atoms with Gasteiger partial charge in [0.05, 0.1) is 19.3 Å². The van der Waals surface area contributed by atoms with Gasteiger partial charge in [-0.1, -0.05) is 49.4 Å². The van der Waals surface area contributed by atoms with Crippen LogP contribution in [0.3, 0.4) is 0 Å². The van der Waals surface area contributed by atoms with Crippen molar-refractivity contribution >= 4 is 0 Å². The lowest BCUT2D eigenvalue weighted by Crippen LogP contribution is -2.16. The molecule has 0 bridgehead atoms. The van der Waals surface area contributed by atoms with E-state index >= 15 is 0 Å². The van der Waals surface area contributed by atoms with Crippen molar-refractivity contribution in [3.05, 3.63) is 77.9 Å². The molecule has 0 amide bonds. The Labute approximate surface area is 169 Å². The van der Waals surface area contributed by atoms with Crippen LogP contribution in [0.1, 0.15) is 30.9 Å². The van der Waals surface area contributed by atoms with Crippen LogP contribution in [-0.2, 0) is 17.5 Å². The van der Waals surface area contributed by atoms with E-state index in [1.54, 1.807) is 30.3 Å². The first-order chi connectivity index (χ1) is 13.8. The Morgan fingerprint density at radius 2 is 1.86 bits per heavy atom. The van der Waals surface area contributed by atoms with Crippen molar-refractivity contribution < 1.29 is 22.6 Å². The van der Waals surface area contributed by atoms with Gasteiger partial charge in [0.15, 0.2) is 0 Å². The van der Waals surface area contributed by atoms with E-state index in [0.717, 1.165) is 25.0 Å². The molecule has 154 valence electrons. The molecule has 0 N–H and O–H groups in total. The molecule has 0 aromatic heterocycles. The Balaban J connectivity index is 1.77. The summed E-state index contributed by atoms with van der Waals surface area (Å²) in [6.45, 7) is 2.76. The average molecular weight is 402 g/mol. The topological polar surface area (TPSA) is 18.5 Å². The molecule has 2 aromatic carbocycles. The van der Waals surface area contributed by atoms with Gasteiger partial charge in [0.2, 0.25) is 0 Å². The van der Waals surface area contributed by atoms with Gasteiger partial charge in [-0.15, -0.1) is 0 Å². The molecule has 1 aliphatic carbocycles. The highest BCUT2D eigenvalue weighted by molar-refractivity contribution is 5.71. The zero-order chi connectivity index (χ0) is 20.9. The van der Waals surface area contributed by atoms with Crippen molar-refractivity contribution in [1.29, 1.82) is 0 Å². The summed E-state index contributed by atoms with van der Waals surface area (Å²) in [5.74, 6) is 0.531. The Hall–Kier alpha value is -2.53. The van der Waals surface area contributed by atoms with Gasteiger partial charge in [-0.2, -0.15) is 13.2 Å². The number of ether oxygens (including phenoxy) is 2. The molecule has 1 atom stereocenters. The van der Waals surface area contributed by atoms with Crippen LogP contribution in [0.5, 0.6) is 5.75 Å². The van der Waals surface area contributed by atoms with Gasteiger partial charge in [-0.25, -0.2) is 0 Å². The molecule has 1 unspecified atom stereocenters. The fourth-order valence-electron chi connectivity index (χ4n) is 3.43. The average Bonchev–Trinajstić information content (AvgIpc) is 2.71. The third-order valence-corrected chi connectivity index (χ3v) is 5.15. The van der Waals surface area contributed by atoms with E-state index < -0.39 is 11.7 Å². The quantitative estimate of drug-likeness (QED) is 0.474.